The highest BCUT2D eigenvalue weighted by Gasteiger charge is 2.17. The summed E-state index contributed by atoms with van der Waals surface area (Å²) >= 11 is 6.21. The molecule has 0 spiro atoms. The summed E-state index contributed by atoms with van der Waals surface area (Å²) in [5, 5.41) is 3.54. The largest absolute Gasteiger partial charge is 0.497 e. The van der Waals surface area contributed by atoms with Gasteiger partial charge in [-0.3, -0.25) is 0 Å². The molecule has 0 radical (unpaired) electrons. The second-order valence-corrected chi connectivity index (χ2v) is 4.69. The molecule has 0 bridgehead atoms. The van der Waals surface area contributed by atoms with Gasteiger partial charge in [0, 0.05) is 5.02 Å². The Morgan fingerprint density at radius 2 is 1.85 bits per heavy atom. The number of rotatable bonds is 4. The van der Waals surface area contributed by atoms with E-state index in [0.717, 1.165) is 17.7 Å². The lowest BCUT2D eigenvalue weighted by Gasteiger charge is -2.19. The van der Waals surface area contributed by atoms with Crippen LogP contribution in [0.4, 0.5) is 8.78 Å². The second-order valence-electron chi connectivity index (χ2n) is 4.28. The Balaban J connectivity index is 2.43. The Bertz CT molecular complexity index is 619. The fourth-order valence-electron chi connectivity index (χ4n) is 2.06. The van der Waals surface area contributed by atoms with Crippen LogP contribution in [0.15, 0.2) is 36.4 Å². The number of hydrogen-bond acceptors (Lipinski definition) is 2. The molecule has 0 saturated carbocycles. The van der Waals surface area contributed by atoms with Crippen LogP contribution in [-0.2, 0) is 0 Å². The fourth-order valence-corrected chi connectivity index (χ4v) is 2.34. The van der Waals surface area contributed by atoms with E-state index in [1.165, 1.54) is 6.07 Å². The smallest absolute Gasteiger partial charge is 0.159 e. The van der Waals surface area contributed by atoms with Crippen molar-refractivity contribution in [3.05, 3.63) is 64.2 Å². The van der Waals surface area contributed by atoms with Crippen molar-refractivity contribution in [3.63, 3.8) is 0 Å². The van der Waals surface area contributed by atoms with Gasteiger partial charge in [0.2, 0.25) is 0 Å². The van der Waals surface area contributed by atoms with Crippen molar-refractivity contribution >= 4 is 11.6 Å². The summed E-state index contributed by atoms with van der Waals surface area (Å²) in [7, 11) is 3.28. The number of halogens is 3. The van der Waals surface area contributed by atoms with Crippen LogP contribution in [-0.4, -0.2) is 14.2 Å². The van der Waals surface area contributed by atoms with Gasteiger partial charge in [-0.2, -0.15) is 0 Å². The van der Waals surface area contributed by atoms with Gasteiger partial charge in [-0.25, -0.2) is 8.78 Å². The summed E-state index contributed by atoms with van der Waals surface area (Å²) in [5.41, 5.74) is 1.36. The van der Waals surface area contributed by atoms with Crippen LogP contribution in [0.3, 0.4) is 0 Å². The number of hydrogen-bond donors (Lipinski definition) is 1. The molecule has 2 aromatic carbocycles. The van der Waals surface area contributed by atoms with Crippen molar-refractivity contribution in [2.75, 3.05) is 14.2 Å². The quantitative estimate of drug-likeness (QED) is 0.923. The van der Waals surface area contributed by atoms with Crippen LogP contribution in [0.1, 0.15) is 17.2 Å². The molecular formula is C15H14ClF2NO. The minimum absolute atomic E-state index is 0.330. The number of nitrogens with one attached hydrogen (secondary N) is 1. The topological polar surface area (TPSA) is 21.3 Å². The zero-order valence-corrected chi connectivity index (χ0v) is 11.8. The van der Waals surface area contributed by atoms with E-state index in [4.69, 9.17) is 16.3 Å². The van der Waals surface area contributed by atoms with Crippen molar-refractivity contribution in [2.45, 2.75) is 6.04 Å². The Labute approximate surface area is 121 Å². The standard InChI is InChI=1S/C15H14ClF2NO/c1-19-15(9-3-6-13(17)14(18)7-9)11-5-4-10(20-2)8-12(11)16/h3-8,15,19H,1-2H3. The van der Waals surface area contributed by atoms with Crippen molar-refractivity contribution in [1.82, 2.24) is 5.32 Å². The molecule has 0 aliphatic heterocycles. The normalized spacial score (nSPS) is 12.2. The summed E-state index contributed by atoms with van der Waals surface area (Å²) in [6.07, 6.45) is 0. The molecule has 0 aliphatic carbocycles. The van der Waals surface area contributed by atoms with E-state index in [1.807, 2.05) is 0 Å². The molecule has 0 amide bonds. The van der Waals surface area contributed by atoms with Gasteiger partial charge in [-0.1, -0.05) is 23.7 Å². The lowest BCUT2D eigenvalue weighted by molar-refractivity contribution is 0.414. The summed E-state index contributed by atoms with van der Waals surface area (Å²) in [6.45, 7) is 0. The molecule has 0 fully saturated rings. The van der Waals surface area contributed by atoms with E-state index in [0.29, 0.717) is 16.3 Å². The molecule has 106 valence electrons. The number of benzene rings is 2. The number of methoxy groups -OCH3 is 1. The Kier molecular flexibility index (Phi) is 4.57. The first kappa shape index (κ1) is 14.8. The third-order valence-corrected chi connectivity index (χ3v) is 3.41. The molecule has 2 rings (SSSR count). The molecule has 1 atom stereocenters. The molecule has 1 N–H and O–H groups in total. The zero-order valence-electron chi connectivity index (χ0n) is 11.1. The maximum absolute atomic E-state index is 13.4. The van der Waals surface area contributed by atoms with E-state index in [9.17, 15) is 8.78 Å². The van der Waals surface area contributed by atoms with Crippen molar-refractivity contribution in [1.29, 1.82) is 0 Å². The van der Waals surface area contributed by atoms with Gasteiger partial charge in [0.15, 0.2) is 11.6 Å². The predicted octanol–water partition coefficient (Wildman–Crippen LogP) is 3.94. The van der Waals surface area contributed by atoms with E-state index < -0.39 is 11.6 Å². The molecule has 20 heavy (non-hydrogen) atoms. The summed E-state index contributed by atoms with van der Waals surface area (Å²) in [4.78, 5) is 0. The van der Waals surface area contributed by atoms with Crippen molar-refractivity contribution < 1.29 is 13.5 Å². The van der Waals surface area contributed by atoms with Crippen LogP contribution >= 0.6 is 11.6 Å². The van der Waals surface area contributed by atoms with Crippen LogP contribution in [0.2, 0.25) is 5.02 Å². The molecule has 2 aromatic rings. The first-order chi connectivity index (χ1) is 9.56. The SMILES string of the molecule is CNC(c1ccc(F)c(F)c1)c1ccc(OC)cc1Cl. The van der Waals surface area contributed by atoms with Gasteiger partial charge in [-0.15, -0.1) is 0 Å². The van der Waals surface area contributed by atoms with Crippen LogP contribution in [0, 0.1) is 11.6 Å². The van der Waals surface area contributed by atoms with Gasteiger partial charge in [0.05, 0.1) is 13.2 Å². The van der Waals surface area contributed by atoms with Crippen LogP contribution in [0.25, 0.3) is 0 Å². The molecule has 0 aromatic heterocycles. The molecule has 5 heteroatoms. The van der Waals surface area contributed by atoms with Crippen molar-refractivity contribution in [2.24, 2.45) is 0 Å². The predicted molar refractivity (Wildman–Crippen MR) is 75.3 cm³/mol. The molecule has 1 unspecified atom stereocenters. The first-order valence-electron chi connectivity index (χ1n) is 6.02. The van der Waals surface area contributed by atoms with Gasteiger partial charge in [-0.05, 0) is 42.4 Å². The van der Waals surface area contributed by atoms with Gasteiger partial charge < -0.3 is 10.1 Å². The van der Waals surface area contributed by atoms with Gasteiger partial charge in [0.1, 0.15) is 5.75 Å². The van der Waals surface area contributed by atoms with E-state index in [2.05, 4.69) is 5.32 Å². The lowest BCUT2D eigenvalue weighted by atomic mass is 9.98. The average Bonchev–Trinajstić information content (AvgIpc) is 2.45. The maximum Gasteiger partial charge on any atom is 0.159 e. The molecule has 0 aliphatic rings. The van der Waals surface area contributed by atoms with E-state index in [-0.39, 0.29) is 6.04 Å². The van der Waals surface area contributed by atoms with Gasteiger partial charge >= 0.3 is 0 Å². The summed E-state index contributed by atoms with van der Waals surface area (Å²) in [5.74, 6) is -1.12. The Morgan fingerprint density at radius 3 is 2.40 bits per heavy atom. The highest BCUT2D eigenvalue weighted by molar-refractivity contribution is 6.31. The van der Waals surface area contributed by atoms with Crippen LogP contribution in [0.5, 0.6) is 5.75 Å². The lowest BCUT2D eigenvalue weighted by Crippen LogP contribution is -2.18. The minimum Gasteiger partial charge on any atom is -0.497 e. The zero-order chi connectivity index (χ0) is 14.7. The monoisotopic (exact) mass is 297 g/mol. The minimum atomic E-state index is -0.882. The Hall–Kier alpha value is -1.65. The Morgan fingerprint density at radius 1 is 1.10 bits per heavy atom. The van der Waals surface area contributed by atoms with Gasteiger partial charge in [0.25, 0.3) is 0 Å². The average molecular weight is 298 g/mol. The molecule has 0 heterocycles. The second kappa shape index (κ2) is 6.20. The summed E-state index contributed by atoms with van der Waals surface area (Å²) < 4.78 is 31.5. The van der Waals surface area contributed by atoms with E-state index >= 15 is 0 Å². The highest BCUT2D eigenvalue weighted by atomic mass is 35.5. The fraction of sp³-hybridized carbons (Fsp3) is 0.200. The van der Waals surface area contributed by atoms with Crippen LogP contribution < -0.4 is 10.1 Å². The highest BCUT2D eigenvalue weighted by Crippen LogP contribution is 2.31. The van der Waals surface area contributed by atoms with Crippen molar-refractivity contribution in [3.8, 4) is 5.75 Å². The molecular weight excluding hydrogens is 284 g/mol. The third-order valence-electron chi connectivity index (χ3n) is 3.08. The summed E-state index contributed by atoms with van der Waals surface area (Å²) in [6, 6.07) is 8.71. The van der Waals surface area contributed by atoms with E-state index in [1.54, 1.807) is 32.4 Å². The first-order valence-corrected chi connectivity index (χ1v) is 6.40. The maximum atomic E-state index is 13.4. The molecule has 2 nitrogen and oxygen atoms in total. The third kappa shape index (κ3) is 2.92. The molecule has 0 saturated heterocycles. The number of ether oxygens (including phenoxy) is 1.